The molecule has 0 aromatic rings. The van der Waals surface area contributed by atoms with Crippen LogP contribution in [0.3, 0.4) is 0 Å². The van der Waals surface area contributed by atoms with Gasteiger partial charge in [0.1, 0.15) is 0 Å². The predicted octanol–water partition coefficient (Wildman–Crippen LogP) is -0.377. The van der Waals surface area contributed by atoms with E-state index in [9.17, 15) is 19.2 Å². The van der Waals surface area contributed by atoms with Crippen LogP contribution < -0.4 is 0 Å². The second-order valence-corrected chi connectivity index (χ2v) is 3.73. The molecule has 6 N–H and O–H groups in total. The summed E-state index contributed by atoms with van der Waals surface area (Å²) < 4.78 is 0. The van der Waals surface area contributed by atoms with Crippen molar-refractivity contribution >= 4 is 23.9 Å². The molecule has 0 fully saturated rings. The maximum absolute atomic E-state index is 9.90. The summed E-state index contributed by atoms with van der Waals surface area (Å²) in [5.41, 5.74) is 0. The van der Waals surface area contributed by atoms with Gasteiger partial charge in [-0.25, -0.2) is 0 Å². The molecule has 0 heterocycles. The van der Waals surface area contributed by atoms with Crippen LogP contribution in [0.15, 0.2) is 0 Å². The van der Waals surface area contributed by atoms with Crippen LogP contribution in [0, 0.1) is 0 Å². The minimum atomic E-state index is -1.08. The molecule has 0 aliphatic carbocycles. The lowest BCUT2D eigenvalue weighted by molar-refractivity contribution is -0.143. The summed E-state index contributed by atoms with van der Waals surface area (Å²) in [6, 6.07) is 0. The quantitative estimate of drug-likeness (QED) is 0.304. The Kier molecular flexibility index (Phi) is 21.2. The summed E-state index contributed by atoms with van der Waals surface area (Å²) in [6.07, 6.45) is 0.425. The highest BCUT2D eigenvalue weighted by Crippen LogP contribution is 1.98. The molecule has 0 saturated heterocycles. The van der Waals surface area contributed by atoms with Gasteiger partial charge in [0.05, 0.1) is 26.1 Å². The fraction of sp³-hybridized carbons (Fsp3) is 0.667. The van der Waals surface area contributed by atoms with Crippen molar-refractivity contribution < 1.29 is 49.8 Å². The second kappa shape index (κ2) is 18.8. The molecule has 0 unspecified atom stereocenters. The molecule has 0 atom stereocenters. The van der Waals surface area contributed by atoms with E-state index in [2.05, 4.69) is 0 Å². The Labute approximate surface area is 126 Å². The average molecular weight is 326 g/mol. The first kappa shape index (κ1) is 24.8. The highest BCUT2D eigenvalue weighted by molar-refractivity contribution is 5.75. The first-order valence-electron chi connectivity index (χ1n) is 6.26. The Morgan fingerprint density at radius 1 is 0.500 bits per heavy atom. The molecule has 0 aromatic carbocycles. The van der Waals surface area contributed by atoms with E-state index >= 15 is 0 Å². The highest BCUT2D eigenvalue weighted by Gasteiger charge is 2.00. The zero-order valence-corrected chi connectivity index (χ0v) is 12.0. The summed E-state index contributed by atoms with van der Waals surface area (Å²) in [7, 11) is 0. The van der Waals surface area contributed by atoms with Gasteiger partial charge < -0.3 is 30.6 Å². The molecule has 0 amide bonds. The standard InChI is InChI=1S/C6H10O4.C4H6O4.C2H6O2/c7-5(8)3-1-2-4-6(9)10;5-3(6)1-2-4(7)8;3-1-2-4/h1-4H2,(H,7,8)(H,9,10);1-2H2,(H,5,6)(H,7,8);3-4H,1-2H2. The van der Waals surface area contributed by atoms with Crippen molar-refractivity contribution in [3.8, 4) is 0 Å². The van der Waals surface area contributed by atoms with Gasteiger partial charge in [-0.2, -0.15) is 0 Å². The number of carbonyl (C=O) groups is 4. The van der Waals surface area contributed by atoms with Gasteiger partial charge in [-0.3, -0.25) is 19.2 Å². The van der Waals surface area contributed by atoms with Crippen LogP contribution >= 0.6 is 0 Å². The average Bonchev–Trinajstić information content (AvgIpc) is 2.42. The Bertz CT molecular complexity index is 294. The van der Waals surface area contributed by atoms with E-state index in [1.807, 2.05) is 0 Å². The summed E-state index contributed by atoms with van der Waals surface area (Å²) in [6.45, 7) is -0.250. The first-order chi connectivity index (χ1) is 10.2. The zero-order valence-electron chi connectivity index (χ0n) is 12.0. The van der Waals surface area contributed by atoms with Crippen LogP contribution in [-0.2, 0) is 19.2 Å². The third-order valence-corrected chi connectivity index (χ3v) is 1.68. The van der Waals surface area contributed by atoms with E-state index in [1.165, 1.54) is 0 Å². The monoisotopic (exact) mass is 326 g/mol. The zero-order chi connectivity index (χ0) is 18.0. The number of hydrogen-bond donors (Lipinski definition) is 6. The first-order valence-corrected chi connectivity index (χ1v) is 6.26. The lowest BCUT2D eigenvalue weighted by Gasteiger charge is -1.92. The van der Waals surface area contributed by atoms with Crippen LogP contribution in [0.5, 0.6) is 0 Å². The van der Waals surface area contributed by atoms with Crippen LogP contribution in [0.25, 0.3) is 0 Å². The van der Waals surface area contributed by atoms with E-state index in [-0.39, 0.29) is 38.9 Å². The lowest BCUT2D eigenvalue weighted by Crippen LogP contribution is -2.00. The number of aliphatic carboxylic acids is 4. The van der Waals surface area contributed by atoms with Gasteiger partial charge in [0.15, 0.2) is 0 Å². The van der Waals surface area contributed by atoms with Crippen LogP contribution in [0.2, 0.25) is 0 Å². The van der Waals surface area contributed by atoms with Gasteiger partial charge in [0, 0.05) is 12.8 Å². The number of rotatable bonds is 9. The van der Waals surface area contributed by atoms with E-state index in [0.717, 1.165) is 0 Å². The third-order valence-electron chi connectivity index (χ3n) is 1.68. The normalized spacial score (nSPS) is 8.64. The second-order valence-electron chi connectivity index (χ2n) is 3.73. The molecule has 0 spiro atoms. The van der Waals surface area contributed by atoms with Crippen molar-refractivity contribution in [3.05, 3.63) is 0 Å². The van der Waals surface area contributed by atoms with Crippen molar-refractivity contribution in [2.24, 2.45) is 0 Å². The Morgan fingerprint density at radius 3 is 0.864 bits per heavy atom. The summed E-state index contributed by atoms with van der Waals surface area (Å²) in [5.74, 6) is -3.89. The Hall–Kier alpha value is -2.20. The minimum absolute atomic E-state index is 0.0628. The molecule has 10 nitrogen and oxygen atoms in total. The molecule has 10 heteroatoms. The molecule has 0 rings (SSSR count). The van der Waals surface area contributed by atoms with Crippen molar-refractivity contribution in [1.82, 2.24) is 0 Å². The van der Waals surface area contributed by atoms with E-state index in [1.54, 1.807) is 0 Å². The molecular formula is C12H22O10. The largest absolute Gasteiger partial charge is 0.481 e. The van der Waals surface area contributed by atoms with Crippen LogP contribution in [-0.4, -0.2) is 67.7 Å². The molecule has 0 aliphatic heterocycles. The van der Waals surface area contributed by atoms with Gasteiger partial charge in [-0.1, -0.05) is 0 Å². The number of aliphatic hydroxyl groups is 2. The smallest absolute Gasteiger partial charge is 0.303 e. The number of carboxylic acid groups (broad SMARTS) is 4. The van der Waals surface area contributed by atoms with Gasteiger partial charge >= 0.3 is 23.9 Å². The van der Waals surface area contributed by atoms with Crippen molar-refractivity contribution in [2.75, 3.05) is 13.2 Å². The van der Waals surface area contributed by atoms with Crippen molar-refractivity contribution in [2.45, 2.75) is 38.5 Å². The Morgan fingerprint density at radius 2 is 0.727 bits per heavy atom. The van der Waals surface area contributed by atoms with Gasteiger partial charge in [-0.05, 0) is 12.8 Å². The number of aliphatic hydroxyl groups excluding tert-OH is 2. The molecule has 22 heavy (non-hydrogen) atoms. The summed E-state index contributed by atoms with van der Waals surface area (Å²) >= 11 is 0. The highest BCUT2D eigenvalue weighted by atomic mass is 16.4. The van der Waals surface area contributed by atoms with E-state index < -0.39 is 23.9 Å². The Balaban J connectivity index is -0.000000269. The fourth-order valence-corrected chi connectivity index (χ4v) is 0.766. The predicted molar refractivity (Wildman–Crippen MR) is 72.4 cm³/mol. The van der Waals surface area contributed by atoms with E-state index in [4.69, 9.17) is 30.6 Å². The van der Waals surface area contributed by atoms with Gasteiger partial charge in [-0.15, -0.1) is 0 Å². The molecular weight excluding hydrogens is 304 g/mol. The van der Waals surface area contributed by atoms with Gasteiger partial charge in [0.25, 0.3) is 0 Å². The van der Waals surface area contributed by atoms with Gasteiger partial charge in [0.2, 0.25) is 0 Å². The van der Waals surface area contributed by atoms with Crippen LogP contribution in [0.4, 0.5) is 0 Å². The topological polar surface area (TPSA) is 190 Å². The van der Waals surface area contributed by atoms with Crippen LogP contribution in [0.1, 0.15) is 38.5 Å². The van der Waals surface area contributed by atoms with Crippen molar-refractivity contribution in [3.63, 3.8) is 0 Å². The molecule has 0 bridgehead atoms. The molecule has 130 valence electrons. The number of carboxylic acids is 4. The van der Waals surface area contributed by atoms with E-state index in [0.29, 0.717) is 12.8 Å². The van der Waals surface area contributed by atoms with Crippen molar-refractivity contribution in [1.29, 1.82) is 0 Å². The molecule has 0 aliphatic rings. The summed E-state index contributed by atoms with van der Waals surface area (Å²) in [4.78, 5) is 39.1. The molecule has 0 aromatic heterocycles. The summed E-state index contributed by atoms with van der Waals surface area (Å²) in [5, 5.41) is 47.3. The maximum atomic E-state index is 9.90. The number of hydrogen-bond acceptors (Lipinski definition) is 6. The molecule has 0 saturated carbocycles. The maximum Gasteiger partial charge on any atom is 0.303 e. The lowest BCUT2D eigenvalue weighted by atomic mass is 10.2. The number of unbranched alkanes of at least 4 members (excludes halogenated alkanes) is 1. The minimum Gasteiger partial charge on any atom is -0.481 e. The SMILES string of the molecule is O=C(O)CCC(=O)O.O=C(O)CCCCC(=O)O.OCCO. The third kappa shape index (κ3) is 43.1. The fourth-order valence-electron chi connectivity index (χ4n) is 0.766. The molecule has 0 radical (unpaired) electrons.